The number of hydrogen-bond acceptors (Lipinski definition) is 2. The molecule has 2 nitrogen and oxygen atoms in total. The highest BCUT2D eigenvalue weighted by Gasteiger charge is 2.05. The molecule has 0 saturated heterocycles. The third-order valence-corrected chi connectivity index (χ3v) is 4.37. The molecule has 0 saturated carbocycles. The van der Waals surface area contributed by atoms with E-state index in [1.54, 1.807) is 12.1 Å². The van der Waals surface area contributed by atoms with Gasteiger partial charge in [0.05, 0.1) is 16.1 Å². The summed E-state index contributed by atoms with van der Waals surface area (Å²) in [5.41, 5.74) is 1.84. The van der Waals surface area contributed by atoms with Gasteiger partial charge in [-0.3, -0.25) is 0 Å². The minimum absolute atomic E-state index is 0.422. The highest BCUT2D eigenvalue weighted by Crippen LogP contribution is 2.24. The largest absolute Gasteiger partial charge is 0.489 e. The molecule has 1 unspecified atom stereocenters. The average Bonchev–Trinajstić information content (AvgIpc) is 2.48. The predicted molar refractivity (Wildman–Crippen MR) is 91.1 cm³/mol. The molecular weight excluding hydrogens is 410 g/mol. The number of hydrogen-bond donors (Lipinski definition) is 1. The number of rotatable bonds is 5. The highest BCUT2D eigenvalue weighted by atomic mass is 127. The van der Waals surface area contributed by atoms with Gasteiger partial charge in [-0.25, -0.2) is 0 Å². The van der Waals surface area contributed by atoms with Crippen molar-refractivity contribution in [1.29, 1.82) is 0 Å². The zero-order valence-electron chi connectivity index (χ0n) is 10.5. The number of aliphatic hydroxyl groups excluding tert-OH is 1. The molecule has 2 aromatic carbocycles. The summed E-state index contributed by atoms with van der Waals surface area (Å²) in [6.45, 7) is 0.422. The van der Waals surface area contributed by atoms with Crippen LogP contribution in [0.1, 0.15) is 17.2 Å². The lowest BCUT2D eigenvalue weighted by molar-refractivity contribution is 0.207. The van der Waals surface area contributed by atoms with Crippen LogP contribution in [0.15, 0.2) is 42.5 Å². The summed E-state index contributed by atoms with van der Waals surface area (Å²) in [4.78, 5) is 0. The Morgan fingerprint density at radius 3 is 2.35 bits per heavy atom. The fraction of sp³-hybridized carbons (Fsp3) is 0.200. The monoisotopic (exact) mass is 422 g/mol. The fourth-order valence-electron chi connectivity index (χ4n) is 1.67. The van der Waals surface area contributed by atoms with Gasteiger partial charge in [0.2, 0.25) is 0 Å². The minimum Gasteiger partial charge on any atom is -0.489 e. The first-order valence-corrected chi connectivity index (χ1v) is 8.29. The van der Waals surface area contributed by atoms with Crippen LogP contribution < -0.4 is 4.74 Å². The fourth-order valence-corrected chi connectivity index (χ4v) is 2.50. The maximum atomic E-state index is 9.71. The van der Waals surface area contributed by atoms with Gasteiger partial charge >= 0.3 is 0 Å². The molecule has 0 aliphatic carbocycles. The van der Waals surface area contributed by atoms with Crippen LogP contribution in [0.5, 0.6) is 5.75 Å². The van der Waals surface area contributed by atoms with Gasteiger partial charge in [-0.1, -0.05) is 64.0 Å². The van der Waals surface area contributed by atoms with E-state index in [1.165, 1.54) is 0 Å². The van der Waals surface area contributed by atoms with Gasteiger partial charge in [0, 0.05) is 4.43 Å². The Kier molecular flexibility index (Phi) is 5.96. The van der Waals surface area contributed by atoms with Crippen molar-refractivity contribution >= 4 is 45.8 Å². The van der Waals surface area contributed by atoms with Gasteiger partial charge in [0.1, 0.15) is 12.4 Å². The smallest absolute Gasteiger partial charge is 0.119 e. The van der Waals surface area contributed by atoms with Crippen molar-refractivity contribution in [2.24, 2.45) is 0 Å². The van der Waals surface area contributed by atoms with Crippen molar-refractivity contribution in [2.45, 2.75) is 12.7 Å². The highest BCUT2D eigenvalue weighted by molar-refractivity contribution is 14.1. The molecule has 0 spiro atoms. The summed E-state index contributed by atoms with van der Waals surface area (Å²) in [6.07, 6.45) is -0.431. The van der Waals surface area contributed by atoms with Crippen molar-refractivity contribution in [3.05, 3.63) is 63.6 Å². The summed E-state index contributed by atoms with van der Waals surface area (Å²) in [6, 6.07) is 12.9. The first kappa shape index (κ1) is 15.9. The number of alkyl halides is 1. The SMILES string of the molecule is OC(CI)c1ccc(OCc2ccc(Cl)c(Cl)c2)cc1. The van der Waals surface area contributed by atoms with Crippen LogP contribution in [0.25, 0.3) is 0 Å². The zero-order chi connectivity index (χ0) is 14.5. The van der Waals surface area contributed by atoms with Crippen LogP contribution in [0, 0.1) is 0 Å². The molecule has 2 aromatic rings. The molecule has 1 N–H and O–H groups in total. The molecule has 0 heterocycles. The lowest BCUT2D eigenvalue weighted by Gasteiger charge is -2.10. The summed E-state index contributed by atoms with van der Waals surface area (Å²) in [7, 11) is 0. The van der Waals surface area contributed by atoms with E-state index < -0.39 is 6.10 Å². The van der Waals surface area contributed by atoms with Gasteiger partial charge in [-0.15, -0.1) is 0 Å². The standard InChI is InChI=1S/C15H13Cl2IO2/c16-13-6-1-10(7-14(13)17)9-20-12-4-2-11(3-5-12)15(19)8-18/h1-7,15,19H,8-9H2. The van der Waals surface area contributed by atoms with Gasteiger partial charge in [0.25, 0.3) is 0 Å². The lowest BCUT2D eigenvalue weighted by Crippen LogP contribution is -1.99. The zero-order valence-corrected chi connectivity index (χ0v) is 14.2. The van der Waals surface area contributed by atoms with Crippen molar-refractivity contribution in [3.63, 3.8) is 0 Å². The van der Waals surface area contributed by atoms with Crippen molar-refractivity contribution in [2.75, 3.05) is 4.43 Å². The molecule has 20 heavy (non-hydrogen) atoms. The molecule has 5 heteroatoms. The normalized spacial score (nSPS) is 12.2. The Morgan fingerprint density at radius 2 is 1.75 bits per heavy atom. The van der Waals surface area contributed by atoms with E-state index in [4.69, 9.17) is 27.9 Å². The molecule has 0 aliphatic rings. The van der Waals surface area contributed by atoms with Crippen molar-refractivity contribution < 1.29 is 9.84 Å². The van der Waals surface area contributed by atoms with E-state index >= 15 is 0 Å². The summed E-state index contributed by atoms with van der Waals surface area (Å²) >= 11 is 14.0. The van der Waals surface area contributed by atoms with Crippen LogP contribution in [0.3, 0.4) is 0 Å². The van der Waals surface area contributed by atoms with E-state index in [9.17, 15) is 5.11 Å². The molecule has 1 atom stereocenters. The summed E-state index contributed by atoms with van der Waals surface area (Å²) < 4.78 is 6.34. The minimum atomic E-state index is -0.431. The number of halogens is 3. The third-order valence-electron chi connectivity index (χ3n) is 2.80. The Balaban J connectivity index is 1.98. The molecule has 0 amide bonds. The molecule has 0 radical (unpaired) electrons. The molecule has 2 rings (SSSR count). The van der Waals surface area contributed by atoms with Crippen LogP contribution in [-0.2, 0) is 6.61 Å². The molecular formula is C15H13Cl2IO2. The average molecular weight is 423 g/mol. The van der Waals surface area contributed by atoms with E-state index in [1.807, 2.05) is 30.3 Å². The molecule has 0 fully saturated rings. The molecule has 106 valence electrons. The van der Waals surface area contributed by atoms with E-state index in [0.717, 1.165) is 16.9 Å². The van der Waals surface area contributed by atoms with Gasteiger partial charge in [0.15, 0.2) is 0 Å². The maximum Gasteiger partial charge on any atom is 0.119 e. The topological polar surface area (TPSA) is 29.5 Å². The number of ether oxygens (including phenoxy) is 1. The Bertz CT molecular complexity index is 573. The second kappa shape index (κ2) is 7.50. The maximum absolute atomic E-state index is 9.71. The number of benzene rings is 2. The van der Waals surface area contributed by atoms with Crippen LogP contribution in [0.2, 0.25) is 10.0 Å². The lowest BCUT2D eigenvalue weighted by atomic mass is 10.1. The van der Waals surface area contributed by atoms with Crippen molar-refractivity contribution in [1.82, 2.24) is 0 Å². The summed E-state index contributed by atoms with van der Waals surface area (Å²) in [5, 5.41) is 10.8. The van der Waals surface area contributed by atoms with Gasteiger partial charge in [-0.05, 0) is 35.4 Å². The Labute approximate surface area is 141 Å². The molecule has 0 aromatic heterocycles. The van der Waals surface area contributed by atoms with Crippen LogP contribution in [-0.4, -0.2) is 9.53 Å². The quantitative estimate of drug-likeness (QED) is 0.540. The predicted octanol–water partition coefficient (Wildman–Crippen LogP) is 5.04. The number of aliphatic hydroxyl groups is 1. The Morgan fingerprint density at radius 1 is 1.05 bits per heavy atom. The van der Waals surface area contributed by atoms with Crippen LogP contribution >= 0.6 is 45.8 Å². The molecule has 0 aliphatic heterocycles. The summed E-state index contributed by atoms with van der Waals surface area (Å²) in [5.74, 6) is 0.750. The van der Waals surface area contributed by atoms with E-state index in [2.05, 4.69) is 22.6 Å². The second-order valence-corrected chi connectivity index (χ2v) is 5.97. The van der Waals surface area contributed by atoms with E-state index in [-0.39, 0.29) is 0 Å². The van der Waals surface area contributed by atoms with Crippen LogP contribution in [0.4, 0.5) is 0 Å². The van der Waals surface area contributed by atoms with Gasteiger partial charge < -0.3 is 9.84 Å². The van der Waals surface area contributed by atoms with E-state index in [0.29, 0.717) is 21.1 Å². The van der Waals surface area contributed by atoms with Crippen molar-refractivity contribution in [3.8, 4) is 5.75 Å². The first-order chi connectivity index (χ1) is 9.60. The first-order valence-electron chi connectivity index (χ1n) is 6.01. The Hall–Kier alpha value is -0.490. The molecule has 0 bridgehead atoms. The second-order valence-electron chi connectivity index (χ2n) is 4.28. The van der Waals surface area contributed by atoms with Gasteiger partial charge in [-0.2, -0.15) is 0 Å². The third kappa shape index (κ3) is 4.25.